The Morgan fingerprint density at radius 2 is 2.00 bits per heavy atom. The van der Waals surface area contributed by atoms with Crippen molar-refractivity contribution in [2.24, 2.45) is 17.4 Å². The Balaban J connectivity index is 1.87. The highest BCUT2D eigenvalue weighted by Crippen LogP contribution is 2.36. The normalized spacial score (nSPS) is 34.8. The molecule has 1 heterocycles. The molecule has 1 aliphatic heterocycles. The standard InChI is InChI=1S/C13H25N3O3S/c14-12(17)13(15)5-1-3-11(13)4-7-16-6-2-9-20(18,19)10-8-16/h11H,1-10,15H2,(H2,14,17). The van der Waals surface area contributed by atoms with Crippen LogP contribution >= 0.6 is 0 Å². The maximum atomic E-state index is 11.6. The first-order valence-corrected chi connectivity index (χ1v) is 9.17. The van der Waals surface area contributed by atoms with E-state index in [0.717, 1.165) is 32.4 Å². The summed E-state index contributed by atoms with van der Waals surface area (Å²) in [4.78, 5) is 13.7. The van der Waals surface area contributed by atoms with Crippen molar-refractivity contribution >= 4 is 15.7 Å². The molecule has 0 aromatic carbocycles. The van der Waals surface area contributed by atoms with Crippen LogP contribution < -0.4 is 11.5 Å². The van der Waals surface area contributed by atoms with E-state index in [-0.39, 0.29) is 17.4 Å². The van der Waals surface area contributed by atoms with Gasteiger partial charge in [-0.1, -0.05) is 6.42 Å². The zero-order valence-electron chi connectivity index (χ0n) is 11.9. The lowest BCUT2D eigenvalue weighted by Crippen LogP contribution is -2.55. The minimum atomic E-state index is -2.87. The summed E-state index contributed by atoms with van der Waals surface area (Å²) in [5, 5.41) is 0. The number of carbonyl (C=O) groups excluding carboxylic acids is 1. The summed E-state index contributed by atoms with van der Waals surface area (Å²) in [6.45, 7) is 2.19. The van der Waals surface area contributed by atoms with Gasteiger partial charge < -0.3 is 16.4 Å². The first-order valence-electron chi connectivity index (χ1n) is 7.35. The molecule has 2 unspecified atom stereocenters. The average molecular weight is 303 g/mol. The average Bonchev–Trinajstić information content (AvgIpc) is 2.65. The number of nitrogens with zero attached hydrogens (tertiary/aromatic N) is 1. The first kappa shape index (κ1) is 15.7. The fraction of sp³-hybridized carbons (Fsp3) is 0.923. The van der Waals surface area contributed by atoms with Crippen LogP contribution in [0.3, 0.4) is 0 Å². The number of hydrogen-bond donors (Lipinski definition) is 2. The van der Waals surface area contributed by atoms with E-state index in [1.165, 1.54) is 0 Å². The molecular weight excluding hydrogens is 278 g/mol. The maximum Gasteiger partial charge on any atom is 0.237 e. The lowest BCUT2D eigenvalue weighted by Gasteiger charge is -2.30. The van der Waals surface area contributed by atoms with Gasteiger partial charge in [0.1, 0.15) is 0 Å². The van der Waals surface area contributed by atoms with Crippen molar-refractivity contribution in [3.8, 4) is 0 Å². The molecule has 1 saturated heterocycles. The summed E-state index contributed by atoms with van der Waals surface area (Å²) in [6, 6.07) is 0. The van der Waals surface area contributed by atoms with Crippen molar-refractivity contribution in [3.63, 3.8) is 0 Å². The lowest BCUT2D eigenvalue weighted by atomic mass is 9.85. The molecule has 1 aliphatic carbocycles. The highest BCUT2D eigenvalue weighted by molar-refractivity contribution is 7.91. The maximum absolute atomic E-state index is 11.6. The van der Waals surface area contributed by atoms with Crippen LogP contribution in [0.5, 0.6) is 0 Å². The van der Waals surface area contributed by atoms with Crippen LogP contribution in [0.2, 0.25) is 0 Å². The zero-order chi connectivity index (χ0) is 14.8. The molecule has 0 bridgehead atoms. The third-order valence-electron chi connectivity index (χ3n) is 4.77. The monoisotopic (exact) mass is 303 g/mol. The molecule has 20 heavy (non-hydrogen) atoms. The van der Waals surface area contributed by atoms with Crippen LogP contribution in [0.4, 0.5) is 0 Å². The minimum absolute atomic E-state index is 0.125. The van der Waals surface area contributed by atoms with E-state index in [0.29, 0.717) is 19.4 Å². The van der Waals surface area contributed by atoms with Crippen molar-refractivity contribution in [3.05, 3.63) is 0 Å². The molecule has 1 amide bonds. The van der Waals surface area contributed by atoms with Crippen LogP contribution in [0.15, 0.2) is 0 Å². The Morgan fingerprint density at radius 1 is 1.25 bits per heavy atom. The Morgan fingerprint density at radius 3 is 2.70 bits per heavy atom. The van der Waals surface area contributed by atoms with Crippen LogP contribution in [0, 0.1) is 5.92 Å². The predicted molar refractivity (Wildman–Crippen MR) is 77.8 cm³/mol. The SMILES string of the molecule is NC(=O)C1(N)CCCC1CCN1CCCS(=O)(=O)CC1. The number of amides is 1. The van der Waals surface area contributed by atoms with Gasteiger partial charge in [0.15, 0.2) is 9.84 Å². The molecule has 116 valence electrons. The second kappa shape index (κ2) is 5.99. The van der Waals surface area contributed by atoms with E-state index in [4.69, 9.17) is 11.5 Å². The van der Waals surface area contributed by atoms with Gasteiger partial charge in [-0.15, -0.1) is 0 Å². The molecule has 2 rings (SSSR count). The van der Waals surface area contributed by atoms with E-state index < -0.39 is 21.3 Å². The van der Waals surface area contributed by atoms with E-state index in [9.17, 15) is 13.2 Å². The predicted octanol–water partition coefficient (Wildman–Crippen LogP) is -0.520. The van der Waals surface area contributed by atoms with Gasteiger partial charge in [0.2, 0.25) is 5.91 Å². The Hall–Kier alpha value is -0.660. The molecule has 4 N–H and O–H groups in total. The van der Waals surface area contributed by atoms with Gasteiger partial charge in [0.25, 0.3) is 0 Å². The number of nitrogens with two attached hydrogens (primary N) is 2. The summed E-state index contributed by atoms with van der Waals surface area (Å²) in [5.74, 6) is 0.245. The summed E-state index contributed by atoms with van der Waals surface area (Å²) < 4.78 is 23.1. The number of rotatable bonds is 4. The van der Waals surface area contributed by atoms with E-state index >= 15 is 0 Å². The number of carbonyl (C=O) groups is 1. The second-order valence-electron chi connectivity index (χ2n) is 6.13. The summed E-state index contributed by atoms with van der Waals surface area (Å²) in [7, 11) is -2.87. The van der Waals surface area contributed by atoms with Crippen molar-refractivity contribution in [1.29, 1.82) is 0 Å². The second-order valence-corrected chi connectivity index (χ2v) is 8.43. The van der Waals surface area contributed by atoms with E-state index in [1.807, 2.05) is 0 Å². The highest BCUT2D eigenvalue weighted by atomic mass is 32.2. The van der Waals surface area contributed by atoms with Crippen LogP contribution in [0.1, 0.15) is 32.1 Å². The topological polar surface area (TPSA) is 106 Å². The Kier molecular flexibility index (Phi) is 4.71. The van der Waals surface area contributed by atoms with Crippen LogP contribution in [-0.4, -0.2) is 55.9 Å². The fourth-order valence-electron chi connectivity index (χ4n) is 3.38. The quantitative estimate of drug-likeness (QED) is 0.727. The van der Waals surface area contributed by atoms with E-state index in [2.05, 4.69) is 4.90 Å². The summed E-state index contributed by atoms with van der Waals surface area (Å²) in [5.41, 5.74) is 10.7. The molecule has 2 fully saturated rings. The molecule has 0 radical (unpaired) electrons. The molecular formula is C13H25N3O3S. The summed E-state index contributed by atoms with van der Waals surface area (Å²) in [6.07, 6.45) is 4.06. The minimum Gasteiger partial charge on any atom is -0.368 e. The molecule has 0 aromatic heterocycles. The molecule has 2 atom stereocenters. The Bertz CT molecular complexity index is 465. The van der Waals surface area contributed by atoms with Gasteiger partial charge >= 0.3 is 0 Å². The van der Waals surface area contributed by atoms with Crippen molar-refractivity contribution in [1.82, 2.24) is 4.90 Å². The van der Waals surface area contributed by atoms with Gasteiger partial charge in [0.05, 0.1) is 17.0 Å². The molecule has 7 heteroatoms. The van der Waals surface area contributed by atoms with Crippen molar-refractivity contribution < 1.29 is 13.2 Å². The highest BCUT2D eigenvalue weighted by Gasteiger charge is 2.44. The van der Waals surface area contributed by atoms with Crippen molar-refractivity contribution in [2.75, 3.05) is 31.1 Å². The number of primary amides is 1. The van der Waals surface area contributed by atoms with Crippen LogP contribution in [0.25, 0.3) is 0 Å². The fourth-order valence-corrected chi connectivity index (χ4v) is 4.69. The van der Waals surface area contributed by atoms with Gasteiger partial charge in [-0.05, 0) is 44.7 Å². The molecule has 0 aromatic rings. The third kappa shape index (κ3) is 3.51. The summed E-state index contributed by atoms with van der Waals surface area (Å²) >= 11 is 0. The molecule has 2 aliphatic rings. The van der Waals surface area contributed by atoms with Gasteiger partial charge in [-0.2, -0.15) is 0 Å². The lowest BCUT2D eigenvalue weighted by molar-refractivity contribution is -0.124. The number of hydrogen-bond acceptors (Lipinski definition) is 5. The van der Waals surface area contributed by atoms with Crippen LogP contribution in [-0.2, 0) is 14.6 Å². The van der Waals surface area contributed by atoms with Gasteiger partial charge in [0, 0.05) is 6.54 Å². The van der Waals surface area contributed by atoms with Crippen molar-refractivity contribution in [2.45, 2.75) is 37.6 Å². The molecule has 1 saturated carbocycles. The van der Waals surface area contributed by atoms with Gasteiger partial charge in [-0.25, -0.2) is 8.42 Å². The largest absolute Gasteiger partial charge is 0.368 e. The Labute approximate surface area is 120 Å². The number of sulfone groups is 1. The van der Waals surface area contributed by atoms with E-state index in [1.54, 1.807) is 0 Å². The zero-order valence-corrected chi connectivity index (χ0v) is 12.7. The smallest absolute Gasteiger partial charge is 0.237 e. The molecule has 0 spiro atoms. The third-order valence-corrected chi connectivity index (χ3v) is 6.49. The first-order chi connectivity index (χ1) is 9.33. The van der Waals surface area contributed by atoms with Gasteiger partial charge in [-0.3, -0.25) is 4.79 Å². The molecule has 6 nitrogen and oxygen atoms in total.